The predicted molar refractivity (Wildman–Crippen MR) is 117 cm³/mol. The molecule has 1 atom stereocenters. The molecule has 2 heterocycles. The molecule has 12 heteroatoms. The highest BCUT2D eigenvalue weighted by Gasteiger charge is 2.33. The van der Waals surface area contributed by atoms with Crippen LogP contribution < -0.4 is 9.47 Å². The molecule has 0 saturated carbocycles. The van der Waals surface area contributed by atoms with Gasteiger partial charge < -0.3 is 14.3 Å². The Balaban J connectivity index is 1.54. The topological polar surface area (TPSA) is 52.9 Å². The van der Waals surface area contributed by atoms with E-state index in [9.17, 15) is 26.3 Å². The number of benzene rings is 1. The van der Waals surface area contributed by atoms with E-state index in [2.05, 4.69) is 10.1 Å². The molecule has 1 aromatic carbocycles. The number of alkyl halides is 6. The summed E-state index contributed by atoms with van der Waals surface area (Å²) in [6.45, 7) is 1.80. The maximum absolute atomic E-state index is 13.4. The lowest BCUT2D eigenvalue weighted by Crippen LogP contribution is -2.12. The monoisotopic (exact) mass is 522 g/mol. The molecule has 0 fully saturated rings. The molecule has 1 aliphatic heterocycles. The fourth-order valence-electron chi connectivity index (χ4n) is 3.14. The van der Waals surface area contributed by atoms with Gasteiger partial charge in [-0.25, -0.2) is 4.98 Å². The molecule has 190 valence electrons. The first-order valence-corrected chi connectivity index (χ1v) is 10.9. The molecule has 2 aromatic rings. The molecular weight excluding hydrogens is 502 g/mol. The number of pyridine rings is 1. The molecule has 0 radical (unpaired) electrons. The zero-order chi connectivity index (χ0) is 25.6. The van der Waals surface area contributed by atoms with Crippen molar-refractivity contribution in [3.8, 4) is 11.6 Å². The maximum Gasteiger partial charge on any atom is 0.417 e. The van der Waals surface area contributed by atoms with Gasteiger partial charge in [-0.05, 0) is 50.1 Å². The molecule has 1 aliphatic rings. The number of aromatic nitrogens is 1. The van der Waals surface area contributed by atoms with Crippen molar-refractivity contribution in [1.82, 2.24) is 4.98 Å². The van der Waals surface area contributed by atoms with Crippen LogP contribution in [-0.4, -0.2) is 30.0 Å². The fraction of sp³-hybridized carbons (Fsp3) is 0.391. The average molecular weight is 523 g/mol. The average Bonchev–Trinajstić information content (AvgIpc) is 3.24. The Morgan fingerprint density at radius 1 is 1.09 bits per heavy atom. The van der Waals surface area contributed by atoms with E-state index >= 15 is 0 Å². The molecule has 1 aromatic heterocycles. The highest BCUT2D eigenvalue weighted by Crippen LogP contribution is 2.34. The van der Waals surface area contributed by atoms with Gasteiger partial charge in [0.25, 0.3) is 0 Å². The smallest absolute Gasteiger partial charge is 0.417 e. The minimum atomic E-state index is -4.57. The number of nitrogens with zero attached hydrogens (tertiary/aromatic N) is 2. The number of allylic oxidation sites excluding steroid dienone is 1. The van der Waals surface area contributed by atoms with Crippen LogP contribution in [-0.2, 0) is 17.2 Å². The first-order valence-electron chi connectivity index (χ1n) is 10.5. The number of halogens is 7. The second kappa shape index (κ2) is 11.2. The van der Waals surface area contributed by atoms with Gasteiger partial charge in [-0.15, -0.1) is 0 Å². The lowest BCUT2D eigenvalue weighted by atomic mass is 10.00. The van der Waals surface area contributed by atoms with E-state index in [4.69, 9.17) is 25.9 Å². The van der Waals surface area contributed by atoms with Crippen molar-refractivity contribution in [1.29, 1.82) is 0 Å². The second-order valence-electron chi connectivity index (χ2n) is 7.69. The van der Waals surface area contributed by atoms with Gasteiger partial charge in [0.2, 0.25) is 5.88 Å². The van der Waals surface area contributed by atoms with Crippen LogP contribution >= 0.6 is 11.6 Å². The number of oxime groups is 1. The SMILES string of the molecule is C/C(Cl)=C\COc1cc(C2=NOC(CCCOc3ccc(C(F)(F)F)cn3)C2)cc(C(F)(F)F)c1. The molecule has 0 amide bonds. The van der Waals surface area contributed by atoms with Gasteiger partial charge in [-0.2, -0.15) is 26.3 Å². The van der Waals surface area contributed by atoms with Crippen LogP contribution in [0.1, 0.15) is 42.9 Å². The molecule has 0 spiro atoms. The Labute approximate surface area is 202 Å². The zero-order valence-electron chi connectivity index (χ0n) is 18.4. The number of hydrogen-bond acceptors (Lipinski definition) is 5. The number of hydrogen-bond donors (Lipinski definition) is 0. The lowest BCUT2D eigenvalue weighted by Gasteiger charge is -2.13. The lowest BCUT2D eigenvalue weighted by molar-refractivity contribution is -0.138. The fourth-order valence-corrected chi connectivity index (χ4v) is 3.20. The summed E-state index contributed by atoms with van der Waals surface area (Å²) >= 11 is 5.72. The summed E-state index contributed by atoms with van der Waals surface area (Å²) in [5.41, 5.74) is -1.17. The quantitative estimate of drug-likeness (QED) is 0.263. The van der Waals surface area contributed by atoms with E-state index < -0.39 is 23.5 Å². The summed E-state index contributed by atoms with van der Waals surface area (Å²) in [6, 6.07) is 5.35. The first kappa shape index (κ1) is 26.7. The predicted octanol–water partition coefficient (Wildman–Crippen LogP) is 6.99. The van der Waals surface area contributed by atoms with Crippen LogP contribution in [0.4, 0.5) is 26.3 Å². The largest absolute Gasteiger partial charge is 0.489 e. The van der Waals surface area contributed by atoms with Crippen LogP contribution in [0.3, 0.4) is 0 Å². The third-order valence-corrected chi connectivity index (χ3v) is 5.05. The normalized spacial score (nSPS) is 16.6. The highest BCUT2D eigenvalue weighted by molar-refractivity contribution is 6.29. The summed E-state index contributed by atoms with van der Waals surface area (Å²) in [6.07, 6.45) is -6.00. The third kappa shape index (κ3) is 8.05. The molecular formula is C23H21ClF6N2O3. The molecule has 3 rings (SSSR count). The zero-order valence-corrected chi connectivity index (χ0v) is 19.2. The van der Waals surface area contributed by atoms with Gasteiger partial charge in [-0.3, -0.25) is 0 Å². The Hall–Kier alpha value is -2.95. The summed E-state index contributed by atoms with van der Waals surface area (Å²) in [5, 5.41) is 4.38. The Bertz CT molecular complexity index is 1060. The van der Waals surface area contributed by atoms with Crippen molar-refractivity contribution >= 4 is 17.3 Å². The minimum Gasteiger partial charge on any atom is -0.489 e. The van der Waals surface area contributed by atoms with Crippen molar-refractivity contribution < 1.29 is 40.7 Å². The van der Waals surface area contributed by atoms with E-state index in [1.54, 1.807) is 6.92 Å². The molecule has 5 nitrogen and oxygen atoms in total. The van der Waals surface area contributed by atoms with Crippen LogP contribution in [0, 0.1) is 0 Å². The van der Waals surface area contributed by atoms with E-state index in [1.807, 2.05) is 0 Å². The van der Waals surface area contributed by atoms with Gasteiger partial charge >= 0.3 is 12.4 Å². The number of ether oxygens (including phenoxy) is 2. The molecule has 0 N–H and O–H groups in total. The third-order valence-electron chi connectivity index (χ3n) is 4.90. The second-order valence-corrected chi connectivity index (χ2v) is 8.28. The highest BCUT2D eigenvalue weighted by atomic mass is 35.5. The van der Waals surface area contributed by atoms with Crippen LogP contribution in [0.15, 0.2) is 52.8 Å². The maximum atomic E-state index is 13.4. The van der Waals surface area contributed by atoms with Crippen molar-refractivity contribution in [2.75, 3.05) is 13.2 Å². The van der Waals surface area contributed by atoms with E-state index in [0.717, 1.165) is 24.3 Å². The van der Waals surface area contributed by atoms with Gasteiger partial charge in [0.1, 0.15) is 18.5 Å². The van der Waals surface area contributed by atoms with Gasteiger partial charge in [-0.1, -0.05) is 16.8 Å². The standard InChI is InChI=1S/C23H21ClF6N2O3/c1-14(24)6-8-33-19-10-15(9-17(11-19)23(28,29)30)20-12-18(35-32-20)3-2-7-34-21-5-4-16(13-31-21)22(25,26)27/h4-6,9-11,13,18H,2-3,7-8,12H2,1H3/b14-6+. The van der Waals surface area contributed by atoms with Crippen LogP contribution in [0.25, 0.3) is 0 Å². The van der Waals surface area contributed by atoms with Crippen molar-refractivity contribution in [2.24, 2.45) is 5.16 Å². The minimum absolute atomic E-state index is 0.00940. The van der Waals surface area contributed by atoms with Crippen molar-refractivity contribution in [3.05, 3.63) is 64.3 Å². The molecule has 0 aliphatic carbocycles. The van der Waals surface area contributed by atoms with Crippen LogP contribution in [0.2, 0.25) is 0 Å². The molecule has 1 unspecified atom stereocenters. The van der Waals surface area contributed by atoms with Crippen LogP contribution in [0.5, 0.6) is 11.6 Å². The van der Waals surface area contributed by atoms with E-state index in [0.29, 0.717) is 29.8 Å². The Kier molecular flexibility index (Phi) is 8.52. The van der Waals surface area contributed by atoms with Gasteiger partial charge in [0.15, 0.2) is 0 Å². The number of rotatable bonds is 9. The van der Waals surface area contributed by atoms with Crippen molar-refractivity contribution in [3.63, 3.8) is 0 Å². The summed E-state index contributed by atoms with van der Waals surface area (Å²) < 4.78 is 88.5. The van der Waals surface area contributed by atoms with E-state index in [-0.39, 0.29) is 42.9 Å². The Morgan fingerprint density at radius 3 is 2.46 bits per heavy atom. The Morgan fingerprint density at radius 2 is 1.83 bits per heavy atom. The van der Waals surface area contributed by atoms with Gasteiger partial charge in [0.05, 0.1) is 23.4 Å². The molecule has 0 saturated heterocycles. The summed E-state index contributed by atoms with van der Waals surface area (Å²) in [7, 11) is 0. The van der Waals surface area contributed by atoms with Crippen molar-refractivity contribution in [2.45, 2.75) is 44.6 Å². The van der Waals surface area contributed by atoms with Gasteiger partial charge in [0, 0.05) is 29.3 Å². The van der Waals surface area contributed by atoms with E-state index in [1.165, 1.54) is 12.1 Å². The summed E-state index contributed by atoms with van der Waals surface area (Å²) in [4.78, 5) is 8.97. The summed E-state index contributed by atoms with van der Waals surface area (Å²) in [5.74, 6) is 0.0746. The molecule has 0 bridgehead atoms. The molecule has 35 heavy (non-hydrogen) atoms. The first-order chi connectivity index (χ1) is 16.4.